The van der Waals surface area contributed by atoms with Crippen LogP contribution in [0.25, 0.3) is 0 Å². The fraction of sp³-hybridized carbons (Fsp3) is 0.381. The Hall–Kier alpha value is -3.54. The van der Waals surface area contributed by atoms with Gasteiger partial charge in [-0.2, -0.15) is 5.26 Å². The zero-order valence-electron chi connectivity index (χ0n) is 16.1. The minimum atomic E-state index is -0.879. The molecule has 156 valence electrons. The number of carbonyl (C=O) groups is 4. The Morgan fingerprint density at radius 3 is 2.30 bits per heavy atom. The molecule has 0 spiro atoms. The third-order valence-corrected chi connectivity index (χ3v) is 5.13. The first-order valence-electron chi connectivity index (χ1n) is 9.51. The van der Waals surface area contributed by atoms with E-state index in [1.807, 2.05) is 18.2 Å². The van der Waals surface area contributed by atoms with Crippen molar-refractivity contribution in [3.8, 4) is 6.07 Å². The number of imide groups is 1. The molecule has 1 heterocycles. The fourth-order valence-corrected chi connectivity index (χ4v) is 3.60. The standard InChI is InChI=1S/C21H20FN3O5/c22-14-6-8-15(9-7-14)24(11-3-10-23)18(26)13-30-19(27)12-25-20(28)16-4-1-2-5-17(16)21(25)29/h1-2,6-9,16-17H,3-5,11-13H2/t16-,17+. The highest BCUT2D eigenvalue weighted by molar-refractivity contribution is 6.07. The van der Waals surface area contributed by atoms with Crippen molar-refractivity contribution in [1.29, 1.82) is 5.26 Å². The highest BCUT2D eigenvalue weighted by Gasteiger charge is 2.47. The molecule has 1 fully saturated rings. The van der Waals surface area contributed by atoms with Crippen LogP contribution in [-0.2, 0) is 23.9 Å². The maximum Gasteiger partial charge on any atom is 0.326 e. The Balaban J connectivity index is 1.58. The van der Waals surface area contributed by atoms with Gasteiger partial charge in [-0.1, -0.05) is 12.2 Å². The highest BCUT2D eigenvalue weighted by Crippen LogP contribution is 2.34. The lowest BCUT2D eigenvalue weighted by Gasteiger charge is -2.22. The number of nitrogens with zero attached hydrogens (tertiary/aromatic N) is 3. The van der Waals surface area contributed by atoms with E-state index in [9.17, 15) is 23.6 Å². The number of esters is 1. The molecule has 0 radical (unpaired) electrons. The smallest absolute Gasteiger partial charge is 0.326 e. The van der Waals surface area contributed by atoms with E-state index in [-0.39, 0.29) is 13.0 Å². The van der Waals surface area contributed by atoms with Gasteiger partial charge in [-0.05, 0) is 37.1 Å². The van der Waals surface area contributed by atoms with Crippen molar-refractivity contribution in [2.75, 3.05) is 24.6 Å². The number of nitriles is 1. The molecule has 1 aliphatic carbocycles. The first kappa shape index (κ1) is 21.2. The summed E-state index contributed by atoms with van der Waals surface area (Å²) in [5, 5.41) is 8.80. The van der Waals surface area contributed by atoms with Gasteiger partial charge in [0.25, 0.3) is 5.91 Å². The molecule has 8 nitrogen and oxygen atoms in total. The Bertz CT molecular complexity index is 896. The SMILES string of the molecule is N#CCCN(C(=O)COC(=O)CN1C(=O)[C@H]2CC=CC[C@H]2C1=O)c1ccc(F)cc1. The van der Waals surface area contributed by atoms with Crippen LogP contribution in [-0.4, -0.2) is 48.3 Å². The normalized spacial score (nSPS) is 19.9. The number of hydrogen-bond donors (Lipinski definition) is 0. The lowest BCUT2D eigenvalue weighted by Crippen LogP contribution is -2.39. The van der Waals surface area contributed by atoms with Crippen LogP contribution in [0.5, 0.6) is 0 Å². The van der Waals surface area contributed by atoms with Crippen LogP contribution in [0.2, 0.25) is 0 Å². The number of halogens is 1. The molecule has 1 saturated heterocycles. The number of likely N-dealkylation sites (tertiary alicyclic amines) is 1. The summed E-state index contributed by atoms with van der Waals surface area (Å²) in [7, 11) is 0. The lowest BCUT2D eigenvalue weighted by atomic mass is 9.85. The predicted molar refractivity (Wildman–Crippen MR) is 102 cm³/mol. The highest BCUT2D eigenvalue weighted by atomic mass is 19.1. The third kappa shape index (κ3) is 4.54. The van der Waals surface area contributed by atoms with E-state index >= 15 is 0 Å². The predicted octanol–water partition coefficient (Wildman–Crippen LogP) is 1.57. The average molecular weight is 413 g/mol. The van der Waals surface area contributed by atoms with E-state index in [0.717, 1.165) is 4.90 Å². The Kier molecular flexibility index (Phi) is 6.57. The Morgan fingerprint density at radius 2 is 1.73 bits per heavy atom. The zero-order valence-corrected chi connectivity index (χ0v) is 16.1. The van der Waals surface area contributed by atoms with Crippen LogP contribution in [0.4, 0.5) is 10.1 Å². The van der Waals surface area contributed by atoms with Crippen molar-refractivity contribution in [3.05, 3.63) is 42.2 Å². The van der Waals surface area contributed by atoms with Crippen molar-refractivity contribution < 1.29 is 28.3 Å². The van der Waals surface area contributed by atoms with Gasteiger partial charge in [0, 0.05) is 12.2 Å². The molecule has 0 bridgehead atoms. The van der Waals surface area contributed by atoms with Crippen molar-refractivity contribution in [2.24, 2.45) is 11.8 Å². The minimum Gasteiger partial charge on any atom is -0.454 e. The maximum absolute atomic E-state index is 13.1. The second-order valence-corrected chi connectivity index (χ2v) is 7.01. The number of ether oxygens (including phenoxy) is 1. The van der Waals surface area contributed by atoms with Crippen LogP contribution in [0.3, 0.4) is 0 Å². The summed E-state index contributed by atoms with van der Waals surface area (Å²) in [6, 6.07) is 7.02. The maximum atomic E-state index is 13.1. The second kappa shape index (κ2) is 9.31. The van der Waals surface area contributed by atoms with Crippen molar-refractivity contribution in [2.45, 2.75) is 19.3 Å². The summed E-state index contributed by atoms with van der Waals surface area (Å²) in [6.07, 6.45) is 4.65. The molecule has 9 heteroatoms. The number of benzene rings is 1. The van der Waals surface area contributed by atoms with Crippen molar-refractivity contribution in [1.82, 2.24) is 4.90 Å². The van der Waals surface area contributed by atoms with Gasteiger partial charge in [-0.3, -0.25) is 24.1 Å². The van der Waals surface area contributed by atoms with Crippen molar-refractivity contribution >= 4 is 29.4 Å². The summed E-state index contributed by atoms with van der Waals surface area (Å²) in [5.41, 5.74) is 0.356. The van der Waals surface area contributed by atoms with Crippen molar-refractivity contribution in [3.63, 3.8) is 0 Å². The summed E-state index contributed by atoms with van der Waals surface area (Å²) in [6.45, 7) is -1.14. The van der Waals surface area contributed by atoms with Crippen LogP contribution < -0.4 is 4.90 Å². The molecule has 3 amide bonds. The molecule has 30 heavy (non-hydrogen) atoms. The molecule has 0 N–H and O–H groups in total. The quantitative estimate of drug-likeness (QED) is 0.381. The minimum absolute atomic E-state index is 0.0324. The lowest BCUT2D eigenvalue weighted by molar-refractivity contribution is -0.154. The monoisotopic (exact) mass is 413 g/mol. The Morgan fingerprint density at radius 1 is 1.13 bits per heavy atom. The number of carbonyl (C=O) groups excluding carboxylic acids is 4. The molecule has 0 aromatic heterocycles. The van der Waals surface area contributed by atoms with Crippen LogP contribution in [0, 0.1) is 29.0 Å². The van der Waals surface area contributed by atoms with Crippen LogP contribution in [0.15, 0.2) is 36.4 Å². The second-order valence-electron chi connectivity index (χ2n) is 7.01. The number of fused-ring (bicyclic) bond motifs is 1. The first-order valence-corrected chi connectivity index (χ1v) is 9.51. The van der Waals surface area contributed by atoms with E-state index in [1.165, 1.54) is 29.2 Å². The average Bonchev–Trinajstić information content (AvgIpc) is 2.99. The molecular formula is C21H20FN3O5. The molecule has 0 unspecified atom stereocenters. The van der Waals surface area contributed by atoms with E-state index in [4.69, 9.17) is 10.00 Å². The largest absolute Gasteiger partial charge is 0.454 e. The van der Waals surface area contributed by atoms with Gasteiger partial charge >= 0.3 is 5.97 Å². The van der Waals surface area contributed by atoms with Gasteiger partial charge in [0.05, 0.1) is 24.3 Å². The molecule has 1 aliphatic heterocycles. The van der Waals surface area contributed by atoms with Gasteiger partial charge in [0.15, 0.2) is 6.61 Å². The van der Waals surface area contributed by atoms with Gasteiger partial charge in [0.2, 0.25) is 11.8 Å². The third-order valence-electron chi connectivity index (χ3n) is 5.13. The topological polar surface area (TPSA) is 108 Å². The number of allylic oxidation sites excluding steroid dienone is 2. The summed E-state index contributed by atoms with van der Waals surface area (Å²) in [5.74, 6) is -3.67. The fourth-order valence-electron chi connectivity index (χ4n) is 3.60. The van der Waals surface area contributed by atoms with Gasteiger partial charge < -0.3 is 9.64 Å². The van der Waals surface area contributed by atoms with Gasteiger partial charge in [0.1, 0.15) is 12.4 Å². The number of amides is 3. The van der Waals surface area contributed by atoms with Crippen LogP contribution in [0.1, 0.15) is 19.3 Å². The molecule has 3 rings (SSSR count). The summed E-state index contributed by atoms with van der Waals surface area (Å²) in [4.78, 5) is 51.5. The van der Waals surface area contributed by atoms with E-state index in [0.29, 0.717) is 18.5 Å². The molecular weight excluding hydrogens is 393 g/mol. The number of anilines is 1. The first-order chi connectivity index (χ1) is 14.4. The van der Waals surface area contributed by atoms with E-state index < -0.39 is 54.5 Å². The molecule has 1 aromatic carbocycles. The van der Waals surface area contributed by atoms with E-state index in [1.54, 1.807) is 0 Å². The molecule has 0 saturated carbocycles. The molecule has 1 aromatic rings. The van der Waals surface area contributed by atoms with Gasteiger partial charge in [-0.25, -0.2) is 4.39 Å². The summed E-state index contributed by atoms with van der Waals surface area (Å²) < 4.78 is 18.1. The zero-order chi connectivity index (χ0) is 21.7. The number of hydrogen-bond acceptors (Lipinski definition) is 6. The summed E-state index contributed by atoms with van der Waals surface area (Å²) >= 11 is 0. The Labute approximate surface area is 172 Å². The van der Waals surface area contributed by atoms with E-state index in [2.05, 4.69) is 0 Å². The van der Waals surface area contributed by atoms with Crippen LogP contribution >= 0.6 is 0 Å². The molecule has 2 atom stereocenters. The van der Waals surface area contributed by atoms with Gasteiger partial charge in [-0.15, -0.1) is 0 Å². The number of rotatable bonds is 7. The molecule has 2 aliphatic rings.